The zero-order valence-electron chi connectivity index (χ0n) is 12.1. The molecule has 21 heavy (non-hydrogen) atoms. The van der Waals surface area contributed by atoms with Gasteiger partial charge in [0.25, 0.3) is 0 Å². The summed E-state index contributed by atoms with van der Waals surface area (Å²) in [5.74, 6) is 0.388. The van der Waals surface area contributed by atoms with E-state index in [1.165, 1.54) is 0 Å². The molecule has 2 N–H and O–H groups in total. The lowest BCUT2D eigenvalue weighted by Crippen LogP contribution is -2.33. The number of amides is 2. The van der Waals surface area contributed by atoms with Crippen molar-refractivity contribution >= 4 is 17.5 Å². The highest BCUT2D eigenvalue weighted by molar-refractivity contribution is 5.95. The van der Waals surface area contributed by atoms with Crippen molar-refractivity contribution in [1.82, 2.24) is 4.90 Å². The monoisotopic (exact) mass is 292 g/mol. The summed E-state index contributed by atoms with van der Waals surface area (Å²) >= 11 is 0. The number of anilines is 1. The van der Waals surface area contributed by atoms with Gasteiger partial charge in [-0.3, -0.25) is 9.59 Å². The van der Waals surface area contributed by atoms with E-state index in [0.717, 1.165) is 6.42 Å². The molecule has 1 aromatic carbocycles. The van der Waals surface area contributed by atoms with E-state index in [4.69, 9.17) is 4.74 Å². The number of nitrogens with one attached hydrogen (secondary N) is 1. The number of hydrogen-bond acceptors (Lipinski definition) is 4. The van der Waals surface area contributed by atoms with Gasteiger partial charge in [0.2, 0.25) is 11.8 Å². The Labute approximate surface area is 123 Å². The Morgan fingerprint density at radius 1 is 1.48 bits per heavy atom. The molecule has 0 saturated carbocycles. The minimum atomic E-state index is -0.238. The summed E-state index contributed by atoms with van der Waals surface area (Å²) in [7, 11) is 0. The summed E-state index contributed by atoms with van der Waals surface area (Å²) in [5.41, 5.74) is 1.20. The van der Waals surface area contributed by atoms with Crippen LogP contribution in [0, 0.1) is 0 Å². The highest BCUT2D eigenvalue weighted by atomic mass is 16.5. The van der Waals surface area contributed by atoms with Gasteiger partial charge in [0.05, 0.1) is 19.8 Å². The fourth-order valence-corrected chi connectivity index (χ4v) is 2.32. The summed E-state index contributed by atoms with van der Waals surface area (Å²) in [6.45, 7) is 2.92. The van der Waals surface area contributed by atoms with Crippen molar-refractivity contribution in [2.75, 3.05) is 25.0 Å². The van der Waals surface area contributed by atoms with Gasteiger partial charge in [0, 0.05) is 24.2 Å². The van der Waals surface area contributed by atoms with E-state index >= 15 is 0 Å². The zero-order valence-corrected chi connectivity index (χ0v) is 12.1. The smallest absolute Gasteiger partial charge is 0.243 e. The number of rotatable bonds is 6. The van der Waals surface area contributed by atoms with E-state index in [9.17, 15) is 14.7 Å². The highest BCUT2D eigenvalue weighted by Gasteiger charge is 2.22. The second kappa shape index (κ2) is 7.08. The molecule has 0 aromatic heterocycles. The molecule has 1 saturated heterocycles. The fraction of sp³-hybridized carbons (Fsp3) is 0.467. The van der Waals surface area contributed by atoms with E-state index < -0.39 is 0 Å². The van der Waals surface area contributed by atoms with Crippen LogP contribution in [-0.2, 0) is 16.2 Å². The Kier molecular flexibility index (Phi) is 5.16. The summed E-state index contributed by atoms with van der Waals surface area (Å²) in [6.07, 6.45) is 1.33. The van der Waals surface area contributed by atoms with E-state index in [0.29, 0.717) is 36.6 Å². The molecule has 2 amide bonds. The first-order chi connectivity index (χ1) is 10.1. The molecule has 1 fully saturated rings. The molecule has 0 atom stereocenters. The number of aliphatic hydroxyl groups is 1. The molecule has 1 heterocycles. The maximum Gasteiger partial charge on any atom is 0.243 e. The van der Waals surface area contributed by atoms with Crippen molar-refractivity contribution < 1.29 is 19.4 Å². The average Bonchev–Trinajstić information content (AvgIpc) is 2.86. The summed E-state index contributed by atoms with van der Waals surface area (Å²) in [4.78, 5) is 25.0. The van der Waals surface area contributed by atoms with Gasteiger partial charge in [-0.1, -0.05) is 0 Å². The molecule has 114 valence electrons. The van der Waals surface area contributed by atoms with Crippen molar-refractivity contribution in [2.45, 2.75) is 26.4 Å². The van der Waals surface area contributed by atoms with Gasteiger partial charge < -0.3 is 20.1 Å². The third kappa shape index (κ3) is 3.95. The van der Waals surface area contributed by atoms with Crippen LogP contribution in [0.5, 0.6) is 5.75 Å². The summed E-state index contributed by atoms with van der Waals surface area (Å²) < 4.78 is 5.38. The standard InChI is InChI=1S/C15H20N2O4/c1-2-21-13-6-5-12(8-11(13)10-18)16-14(19)9-17-7-3-4-15(17)20/h5-6,8,18H,2-4,7,9-10H2,1H3,(H,16,19). The maximum absolute atomic E-state index is 11.9. The molecule has 1 aliphatic heterocycles. The summed E-state index contributed by atoms with van der Waals surface area (Å²) in [6, 6.07) is 5.11. The molecule has 0 radical (unpaired) electrons. The van der Waals surface area contributed by atoms with Crippen LogP contribution in [0.3, 0.4) is 0 Å². The number of ether oxygens (including phenoxy) is 1. The Morgan fingerprint density at radius 3 is 2.90 bits per heavy atom. The quantitative estimate of drug-likeness (QED) is 0.824. The molecule has 0 bridgehead atoms. The predicted octanol–water partition coefficient (Wildman–Crippen LogP) is 1.14. The molecular weight excluding hydrogens is 272 g/mol. The molecule has 6 nitrogen and oxygen atoms in total. The Bertz CT molecular complexity index is 530. The third-order valence-corrected chi connectivity index (χ3v) is 3.32. The molecule has 0 unspecified atom stereocenters. The first-order valence-corrected chi connectivity index (χ1v) is 7.08. The number of hydrogen-bond donors (Lipinski definition) is 2. The van der Waals surface area contributed by atoms with Crippen LogP contribution in [0.25, 0.3) is 0 Å². The lowest BCUT2D eigenvalue weighted by atomic mass is 10.2. The second-order valence-electron chi connectivity index (χ2n) is 4.88. The molecule has 0 aliphatic carbocycles. The number of likely N-dealkylation sites (tertiary alicyclic amines) is 1. The fourth-order valence-electron chi connectivity index (χ4n) is 2.32. The largest absolute Gasteiger partial charge is 0.494 e. The van der Waals surface area contributed by atoms with Crippen LogP contribution in [0.2, 0.25) is 0 Å². The van der Waals surface area contributed by atoms with Gasteiger partial charge in [-0.15, -0.1) is 0 Å². The van der Waals surface area contributed by atoms with Gasteiger partial charge in [-0.2, -0.15) is 0 Å². The summed E-state index contributed by atoms with van der Waals surface area (Å²) in [5, 5.41) is 12.1. The predicted molar refractivity (Wildman–Crippen MR) is 78.0 cm³/mol. The van der Waals surface area contributed by atoms with Crippen molar-refractivity contribution in [3.05, 3.63) is 23.8 Å². The highest BCUT2D eigenvalue weighted by Crippen LogP contribution is 2.23. The van der Waals surface area contributed by atoms with Crippen LogP contribution in [0.1, 0.15) is 25.3 Å². The SMILES string of the molecule is CCOc1ccc(NC(=O)CN2CCCC2=O)cc1CO. The van der Waals surface area contributed by atoms with Gasteiger partial charge in [-0.05, 0) is 31.5 Å². The minimum absolute atomic E-state index is 0.0212. The zero-order chi connectivity index (χ0) is 15.2. The molecule has 1 aromatic rings. The van der Waals surface area contributed by atoms with Crippen molar-refractivity contribution in [1.29, 1.82) is 0 Å². The van der Waals surface area contributed by atoms with E-state index in [-0.39, 0.29) is 25.0 Å². The minimum Gasteiger partial charge on any atom is -0.494 e. The first-order valence-electron chi connectivity index (χ1n) is 7.08. The Balaban J connectivity index is 1.98. The molecule has 0 spiro atoms. The molecular formula is C15H20N2O4. The lowest BCUT2D eigenvalue weighted by molar-refractivity contribution is -0.131. The number of carbonyl (C=O) groups excluding carboxylic acids is 2. The van der Waals surface area contributed by atoms with Crippen molar-refractivity contribution in [3.8, 4) is 5.75 Å². The number of nitrogens with zero attached hydrogens (tertiary/aromatic N) is 1. The maximum atomic E-state index is 11.9. The van der Waals surface area contributed by atoms with Gasteiger partial charge in [0.15, 0.2) is 0 Å². The van der Waals surface area contributed by atoms with Crippen molar-refractivity contribution in [3.63, 3.8) is 0 Å². The van der Waals surface area contributed by atoms with Crippen LogP contribution in [0.15, 0.2) is 18.2 Å². The Hall–Kier alpha value is -2.08. The molecule has 2 rings (SSSR count). The van der Waals surface area contributed by atoms with E-state index in [2.05, 4.69) is 5.32 Å². The first kappa shape index (κ1) is 15.3. The van der Waals surface area contributed by atoms with Crippen LogP contribution < -0.4 is 10.1 Å². The number of aliphatic hydroxyl groups excluding tert-OH is 1. The number of benzene rings is 1. The van der Waals surface area contributed by atoms with Gasteiger partial charge >= 0.3 is 0 Å². The van der Waals surface area contributed by atoms with Crippen LogP contribution >= 0.6 is 0 Å². The van der Waals surface area contributed by atoms with Crippen LogP contribution in [-0.4, -0.2) is 41.5 Å². The van der Waals surface area contributed by atoms with Crippen molar-refractivity contribution in [2.24, 2.45) is 0 Å². The average molecular weight is 292 g/mol. The number of carbonyl (C=O) groups is 2. The van der Waals surface area contributed by atoms with Gasteiger partial charge in [0.1, 0.15) is 5.75 Å². The van der Waals surface area contributed by atoms with E-state index in [1.807, 2.05) is 6.92 Å². The van der Waals surface area contributed by atoms with E-state index in [1.54, 1.807) is 23.1 Å². The lowest BCUT2D eigenvalue weighted by Gasteiger charge is -2.16. The molecule has 6 heteroatoms. The molecule has 1 aliphatic rings. The third-order valence-electron chi connectivity index (χ3n) is 3.32. The van der Waals surface area contributed by atoms with Crippen LogP contribution in [0.4, 0.5) is 5.69 Å². The topological polar surface area (TPSA) is 78.9 Å². The second-order valence-corrected chi connectivity index (χ2v) is 4.88. The normalized spacial score (nSPS) is 14.4. The van der Waals surface area contributed by atoms with Gasteiger partial charge in [-0.25, -0.2) is 0 Å². The Morgan fingerprint density at radius 2 is 2.29 bits per heavy atom.